The minimum Gasteiger partial charge on any atom is -0.383 e. The highest BCUT2D eigenvalue weighted by atomic mass is 16.2. The van der Waals surface area contributed by atoms with Crippen molar-refractivity contribution in [3.05, 3.63) is 20.8 Å². The van der Waals surface area contributed by atoms with Gasteiger partial charge in [0.05, 0.1) is 0 Å². The average molecular weight is 350 g/mol. The lowest BCUT2D eigenvalue weighted by Gasteiger charge is -2.23. The Balaban J connectivity index is 2.14. The summed E-state index contributed by atoms with van der Waals surface area (Å²) in [6, 6.07) is 0. The van der Waals surface area contributed by atoms with Crippen molar-refractivity contribution in [2.45, 2.75) is 71.3 Å². The third-order valence-corrected chi connectivity index (χ3v) is 5.15. The van der Waals surface area contributed by atoms with Crippen LogP contribution in [0.3, 0.4) is 0 Å². The topological polar surface area (TPSA) is 101 Å². The van der Waals surface area contributed by atoms with Gasteiger partial charge < -0.3 is 10.6 Å². The zero-order chi connectivity index (χ0) is 18.4. The van der Waals surface area contributed by atoms with E-state index in [-0.39, 0.29) is 17.4 Å². The minimum atomic E-state index is -0.608. The Bertz CT molecular complexity index is 701. The molecule has 0 atom stereocenters. The van der Waals surface area contributed by atoms with Crippen LogP contribution in [0.25, 0.3) is 0 Å². The number of rotatable bonds is 7. The first-order valence-corrected chi connectivity index (χ1v) is 9.34. The van der Waals surface area contributed by atoms with Crippen molar-refractivity contribution in [2.24, 2.45) is 5.92 Å². The van der Waals surface area contributed by atoms with Crippen molar-refractivity contribution in [2.75, 3.05) is 17.7 Å². The number of nitrogen functional groups attached to an aromatic ring is 1. The Hall–Kier alpha value is -2.05. The fraction of sp³-hybridized carbons (Fsp3) is 0.722. The third-order valence-electron chi connectivity index (χ3n) is 5.15. The predicted molar refractivity (Wildman–Crippen MR) is 99.9 cm³/mol. The number of amides is 1. The Morgan fingerprint density at radius 2 is 1.96 bits per heavy atom. The van der Waals surface area contributed by atoms with Crippen LogP contribution in [0.5, 0.6) is 0 Å². The molecule has 0 aliphatic heterocycles. The van der Waals surface area contributed by atoms with Gasteiger partial charge in [0.25, 0.3) is 5.56 Å². The lowest BCUT2D eigenvalue weighted by Crippen LogP contribution is -2.39. The first-order chi connectivity index (χ1) is 12.0. The van der Waals surface area contributed by atoms with Crippen LogP contribution in [0.2, 0.25) is 0 Å². The Labute approximate surface area is 148 Å². The molecule has 1 heterocycles. The van der Waals surface area contributed by atoms with E-state index in [9.17, 15) is 14.4 Å². The Kier molecular flexibility index (Phi) is 6.84. The third kappa shape index (κ3) is 4.74. The van der Waals surface area contributed by atoms with Gasteiger partial charge in [-0.15, -0.1) is 0 Å². The summed E-state index contributed by atoms with van der Waals surface area (Å²) in [4.78, 5) is 40.3. The molecule has 1 amide bonds. The molecule has 140 valence electrons. The molecular formula is C18H30N4O3. The number of carbonyl (C=O) groups is 1. The molecule has 7 nitrogen and oxygen atoms in total. The smallest absolute Gasteiger partial charge is 0.330 e. The van der Waals surface area contributed by atoms with E-state index in [1.165, 1.54) is 41.6 Å². The molecular weight excluding hydrogens is 320 g/mol. The summed E-state index contributed by atoms with van der Waals surface area (Å²) in [6.45, 7) is 2.43. The number of hydrogen-bond donors (Lipinski definition) is 2. The molecule has 0 aromatic carbocycles. The maximum Gasteiger partial charge on any atom is 0.330 e. The molecule has 1 aromatic rings. The highest BCUT2D eigenvalue weighted by Crippen LogP contribution is 2.28. The van der Waals surface area contributed by atoms with E-state index in [0.717, 1.165) is 19.3 Å². The normalized spacial score (nSPS) is 15.3. The van der Waals surface area contributed by atoms with Crippen molar-refractivity contribution in [3.63, 3.8) is 0 Å². The van der Waals surface area contributed by atoms with Gasteiger partial charge in [0.15, 0.2) is 5.69 Å². The number of anilines is 2. The number of nitrogens with two attached hydrogens (primary N) is 1. The number of carbonyl (C=O) groups excluding carboxylic acids is 1. The number of nitrogens with zero attached hydrogens (tertiary/aromatic N) is 2. The average Bonchev–Trinajstić information content (AvgIpc) is 2.60. The van der Waals surface area contributed by atoms with Crippen molar-refractivity contribution in [1.29, 1.82) is 0 Å². The van der Waals surface area contributed by atoms with Crippen LogP contribution >= 0.6 is 0 Å². The largest absolute Gasteiger partial charge is 0.383 e. The summed E-state index contributed by atoms with van der Waals surface area (Å²) in [5, 5.41) is 0. The SMILES string of the molecule is CCCCn1c(N)c(N(C)C(=O)CCC2CCCCC2)c(=O)[nH]c1=O. The van der Waals surface area contributed by atoms with E-state index in [1.54, 1.807) is 7.05 Å². The lowest BCUT2D eigenvalue weighted by atomic mass is 9.86. The van der Waals surface area contributed by atoms with E-state index in [4.69, 9.17) is 5.73 Å². The Morgan fingerprint density at radius 3 is 2.60 bits per heavy atom. The van der Waals surface area contributed by atoms with Gasteiger partial charge >= 0.3 is 5.69 Å². The van der Waals surface area contributed by atoms with E-state index in [2.05, 4.69) is 4.98 Å². The van der Waals surface area contributed by atoms with Crippen LogP contribution in [0.1, 0.15) is 64.7 Å². The van der Waals surface area contributed by atoms with Gasteiger partial charge in [-0.05, 0) is 18.8 Å². The molecule has 0 unspecified atom stereocenters. The second-order valence-electron chi connectivity index (χ2n) is 6.99. The molecule has 0 bridgehead atoms. The molecule has 1 aliphatic carbocycles. The highest BCUT2D eigenvalue weighted by Gasteiger charge is 2.22. The summed E-state index contributed by atoms with van der Waals surface area (Å²) in [5.41, 5.74) is 4.99. The summed E-state index contributed by atoms with van der Waals surface area (Å²) >= 11 is 0. The summed E-state index contributed by atoms with van der Waals surface area (Å²) in [5.74, 6) is 0.527. The van der Waals surface area contributed by atoms with Crippen molar-refractivity contribution >= 4 is 17.4 Å². The van der Waals surface area contributed by atoms with Gasteiger partial charge in [-0.3, -0.25) is 19.1 Å². The van der Waals surface area contributed by atoms with Crippen LogP contribution in [-0.4, -0.2) is 22.5 Å². The van der Waals surface area contributed by atoms with Gasteiger partial charge in [-0.1, -0.05) is 45.4 Å². The number of nitrogens with one attached hydrogen (secondary N) is 1. The fourth-order valence-corrected chi connectivity index (χ4v) is 3.54. The number of aromatic nitrogens is 2. The van der Waals surface area contributed by atoms with Gasteiger partial charge in [-0.2, -0.15) is 0 Å². The second-order valence-corrected chi connectivity index (χ2v) is 6.99. The molecule has 1 fully saturated rings. The number of unbranched alkanes of at least 4 members (excludes halogenated alkanes) is 1. The molecule has 7 heteroatoms. The van der Waals surface area contributed by atoms with E-state index < -0.39 is 11.2 Å². The zero-order valence-electron chi connectivity index (χ0n) is 15.3. The molecule has 1 aliphatic rings. The monoisotopic (exact) mass is 350 g/mol. The summed E-state index contributed by atoms with van der Waals surface area (Å²) < 4.78 is 1.34. The van der Waals surface area contributed by atoms with Crippen LogP contribution in [0.4, 0.5) is 11.5 Å². The van der Waals surface area contributed by atoms with Gasteiger partial charge in [0.1, 0.15) is 5.82 Å². The van der Waals surface area contributed by atoms with Crippen LogP contribution in [-0.2, 0) is 11.3 Å². The van der Waals surface area contributed by atoms with E-state index in [0.29, 0.717) is 18.9 Å². The molecule has 0 spiro atoms. The molecule has 1 saturated carbocycles. The van der Waals surface area contributed by atoms with Gasteiger partial charge in [-0.25, -0.2) is 4.79 Å². The number of H-pyrrole nitrogens is 1. The number of aromatic amines is 1. The van der Waals surface area contributed by atoms with E-state index in [1.807, 2.05) is 6.92 Å². The fourth-order valence-electron chi connectivity index (χ4n) is 3.54. The van der Waals surface area contributed by atoms with Crippen LogP contribution in [0.15, 0.2) is 9.59 Å². The highest BCUT2D eigenvalue weighted by molar-refractivity contribution is 5.94. The quantitative estimate of drug-likeness (QED) is 0.787. The first kappa shape index (κ1) is 19.3. The van der Waals surface area contributed by atoms with Crippen molar-refractivity contribution in [1.82, 2.24) is 9.55 Å². The molecule has 2 rings (SSSR count). The zero-order valence-corrected chi connectivity index (χ0v) is 15.3. The van der Waals surface area contributed by atoms with Crippen molar-refractivity contribution < 1.29 is 4.79 Å². The summed E-state index contributed by atoms with van der Waals surface area (Å²) in [7, 11) is 1.55. The van der Waals surface area contributed by atoms with Gasteiger partial charge in [0, 0.05) is 20.0 Å². The molecule has 25 heavy (non-hydrogen) atoms. The Morgan fingerprint density at radius 1 is 1.28 bits per heavy atom. The van der Waals surface area contributed by atoms with Gasteiger partial charge in [0.2, 0.25) is 5.91 Å². The maximum atomic E-state index is 12.5. The second kappa shape index (κ2) is 8.87. The van der Waals surface area contributed by atoms with E-state index >= 15 is 0 Å². The lowest BCUT2D eigenvalue weighted by molar-refractivity contribution is -0.118. The maximum absolute atomic E-state index is 12.5. The minimum absolute atomic E-state index is 0.0655. The molecule has 0 radical (unpaired) electrons. The number of hydrogen-bond acceptors (Lipinski definition) is 4. The summed E-state index contributed by atoms with van der Waals surface area (Å²) in [6.07, 6.45) is 9.04. The molecule has 0 saturated heterocycles. The van der Waals surface area contributed by atoms with Crippen LogP contribution < -0.4 is 21.9 Å². The van der Waals surface area contributed by atoms with Crippen LogP contribution in [0, 0.1) is 5.92 Å². The molecule has 3 N–H and O–H groups in total. The first-order valence-electron chi connectivity index (χ1n) is 9.34. The standard InChI is InChI=1S/C18H30N4O3/c1-3-4-12-22-16(19)15(17(24)20-18(22)25)21(2)14(23)11-10-13-8-6-5-7-9-13/h13H,3-12,19H2,1-2H3,(H,20,24,25). The predicted octanol–water partition coefficient (Wildman–Crippen LogP) is 2.24. The van der Waals surface area contributed by atoms with Crippen molar-refractivity contribution in [3.8, 4) is 0 Å². The molecule has 1 aromatic heterocycles.